The summed E-state index contributed by atoms with van der Waals surface area (Å²) in [6.07, 6.45) is -6.45. The van der Waals surface area contributed by atoms with Gasteiger partial charge in [0, 0.05) is 16.1 Å². The third kappa shape index (κ3) is 3.86. The molecule has 1 unspecified atom stereocenters. The van der Waals surface area contributed by atoms with Crippen LogP contribution < -0.4 is 4.74 Å². The van der Waals surface area contributed by atoms with Crippen LogP contribution in [0.4, 0.5) is 17.6 Å². The van der Waals surface area contributed by atoms with Crippen LogP contribution in [0, 0.1) is 5.82 Å². The van der Waals surface area contributed by atoms with E-state index in [0.29, 0.717) is 0 Å². The Hall–Kier alpha value is -1.79. The first-order valence-electron chi connectivity index (χ1n) is 5.75. The predicted molar refractivity (Wildman–Crippen MR) is 68.6 cm³/mol. The van der Waals surface area contributed by atoms with Gasteiger partial charge >= 0.3 is 6.36 Å². The fourth-order valence-corrected chi connectivity index (χ4v) is 2.04. The zero-order valence-corrected chi connectivity index (χ0v) is 11.1. The number of alkyl halides is 3. The molecule has 0 heterocycles. The molecule has 2 aromatic rings. The summed E-state index contributed by atoms with van der Waals surface area (Å²) in [5.74, 6) is -1.24. The van der Waals surface area contributed by atoms with Gasteiger partial charge in [-0.2, -0.15) is 0 Å². The Labute approximate surface area is 122 Å². The zero-order valence-electron chi connectivity index (χ0n) is 10.4. The third-order valence-electron chi connectivity index (χ3n) is 2.69. The third-order valence-corrected chi connectivity index (χ3v) is 3.04. The predicted octanol–water partition coefficient (Wildman–Crippen LogP) is 4.46. The molecular formula is C14H9ClF4O2. The molecule has 0 amide bonds. The van der Waals surface area contributed by atoms with Gasteiger partial charge in [-0.05, 0) is 24.3 Å². The van der Waals surface area contributed by atoms with Crippen molar-refractivity contribution in [2.45, 2.75) is 12.5 Å². The smallest absolute Gasteiger partial charge is 0.405 e. The lowest BCUT2D eigenvalue weighted by Gasteiger charge is -2.18. The molecule has 2 rings (SSSR count). The van der Waals surface area contributed by atoms with Crippen LogP contribution >= 0.6 is 11.6 Å². The zero-order chi connectivity index (χ0) is 15.6. The lowest BCUT2D eigenvalue weighted by molar-refractivity contribution is -0.275. The van der Waals surface area contributed by atoms with E-state index >= 15 is 0 Å². The minimum atomic E-state index is -4.90. The number of ether oxygens (including phenoxy) is 1. The van der Waals surface area contributed by atoms with Crippen molar-refractivity contribution in [3.8, 4) is 5.75 Å². The Bertz CT molecular complexity index is 643. The highest BCUT2D eigenvalue weighted by Crippen LogP contribution is 2.35. The minimum Gasteiger partial charge on any atom is -0.405 e. The molecule has 0 fully saturated rings. The number of hydrogen-bond acceptors (Lipinski definition) is 2. The van der Waals surface area contributed by atoms with Gasteiger partial charge in [-0.15, -0.1) is 13.2 Å². The van der Waals surface area contributed by atoms with Gasteiger partial charge < -0.3 is 9.84 Å². The van der Waals surface area contributed by atoms with Crippen molar-refractivity contribution < 1.29 is 27.4 Å². The number of rotatable bonds is 3. The van der Waals surface area contributed by atoms with Gasteiger partial charge in [0.25, 0.3) is 0 Å². The highest BCUT2D eigenvalue weighted by molar-refractivity contribution is 6.31. The average Bonchev–Trinajstić information content (AvgIpc) is 2.39. The molecular weight excluding hydrogens is 312 g/mol. The summed E-state index contributed by atoms with van der Waals surface area (Å²) < 4.78 is 54.1. The number of hydrogen-bond donors (Lipinski definition) is 1. The van der Waals surface area contributed by atoms with E-state index in [0.717, 1.165) is 18.2 Å². The molecule has 0 saturated carbocycles. The van der Waals surface area contributed by atoms with Crippen molar-refractivity contribution in [2.24, 2.45) is 0 Å². The van der Waals surface area contributed by atoms with Crippen LogP contribution in [0.2, 0.25) is 5.02 Å². The van der Waals surface area contributed by atoms with Crippen LogP contribution in [-0.4, -0.2) is 11.5 Å². The minimum absolute atomic E-state index is 0.0331. The second-order valence-corrected chi connectivity index (χ2v) is 4.56. The molecule has 0 aromatic heterocycles. The lowest BCUT2D eigenvalue weighted by atomic mass is 10.0. The van der Waals surface area contributed by atoms with E-state index in [-0.39, 0.29) is 16.1 Å². The largest absolute Gasteiger partial charge is 0.573 e. The van der Waals surface area contributed by atoms with Crippen molar-refractivity contribution >= 4 is 11.6 Å². The first-order chi connectivity index (χ1) is 9.78. The molecule has 0 aliphatic rings. The Balaban J connectivity index is 2.44. The normalized spacial score (nSPS) is 13.0. The second-order valence-electron chi connectivity index (χ2n) is 4.15. The van der Waals surface area contributed by atoms with E-state index in [1.165, 1.54) is 24.3 Å². The van der Waals surface area contributed by atoms with Gasteiger partial charge in [-0.1, -0.05) is 29.8 Å². The molecule has 1 N–H and O–H groups in total. The van der Waals surface area contributed by atoms with Crippen LogP contribution in [0.25, 0.3) is 0 Å². The van der Waals surface area contributed by atoms with Crippen LogP contribution in [-0.2, 0) is 0 Å². The molecule has 0 aliphatic heterocycles. The topological polar surface area (TPSA) is 29.5 Å². The summed E-state index contributed by atoms with van der Waals surface area (Å²) >= 11 is 5.84. The molecule has 7 heteroatoms. The summed E-state index contributed by atoms with van der Waals surface area (Å²) in [6, 6.07) is 8.29. The van der Waals surface area contributed by atoms with Crippen LogP contribution in [0.15, 0.2) is 42.5 Å². The van der Waals surface area contributed by atoms with Gasteiger partial charge in [0.05, 0.1) is 0 Å². The van der Waals surface area contributed by atoms with E-state index < -0.39 is 24.0 Å². The lowest BCUT2D eigenvalue weighted by Crippen LogP contribution is -2.19. The Morgan fingerprint density at radius 1 is 1.05 bits per heavy atom. The van der Waals surface area contributed by atoms with Crippen molar-refractivity contribution in [3.05, 3.63) is 64.4 Å². The summed E-state index contributed by atoms with van der Waals surface area (Å²) in [7, 11) is 0. The van der Waals surface area contributed by atoms with Crippen LogP contribution in [0.1, 0.15) is 17.2 Å². The number of aliphatic hydroxyl groups excluding tert-OH is 1. The monoisotopic (exact) mass is 320 g/mol. The Kier molecular flexibility index (Phi) is 4.39. The van der Waals surface area contributed by atoms with E-state index in [1.807, 2.05) is 0 Å². The highest BCUT2D eigenvalue weighted by Gasteiger charge is 2.33. The van der Waals surface area contributed by atoms with Gasteiger partial charge in [0.2, 0.25) is 0 Å². The maximum absolute atomic E-state index is 13.2. The molecule has 0 bridgehead atoms. The van der Waals surface area contributed by atoms with Crippen molar-refractivity contribution in [3.63, 3.8) is 0 Å². The quantitative estimate of drug-likeness (QED) is 0.846. The number of benzene rings is 2. The van der Waals surface area contributed by atoms with E-state index in [2.05, 4.69) is 4.74 Å². The van der Waals surface area contributed by atoms with E-state index in [4.69, 9.17) is 11.6 Å². The number of aliphatic hydroxyl groups is 1. The average molecular weight is 321 g/mol. The SMILES string of the molecule is OC(c1cc(F)ccc1Cl)c1ccccc1OC(F)(F)F. The molecule has 0 saturated heterocycles. The van der Waals surface area contributed by atoms with Gasteiger partial charge in [0.1, 0.15) is 17.7 Å². The van der Waals surface area contributed by atoms with Crippen LogP contribution in [0.3, 0.4) is 0 Å². The maximum Gasteiger partial charge on any atom is 0.573 e. The maximum atomic E-state index is 13.2. The summed E-state index contributed by atoms with van der Waals surface area (Å²) in [6.45, 7) is 0. The highest BCUT2D eigenvalue weighted by atomic mass is 35.5. The second kappa shape index (κ2) is 5.91. The van der Waals surface area contributed by atoms with Gasteiger partial charge in [-0.25, -0.2) is 4.39 Å². The molecule has 1 atom stereocenters. The van der Waals surface area contributed by atoms with Crippen molar-refractivity contribution in [1.29, 1.82) is 0 Å². The van der Waals surface area contributed by atoms with Crippen LogP contribution in [0.5, 0.6) is 5.75 Å². The first-order valence-corrected chi connectivity index (χ1v) is 6.13. The van der Waals surface area contributed by atoms with Gasteiger partial charge in [0.15, 0.2) is 0 Å². The fraction of sp³-hybridized carbons (Fsp3) is 0.143. The molecule has 112 valence electrons. The molecule has 0 aliphatic carbocycles. The summed E-state index contributed by atoms with van der Waals surface area (Å²) in [5, 5.41) is 10.2. The Morgan fingerprint density at radius 3 is 2.38 bits per heavy atom. The number of para-hydroxylation sites is 1. The molecule has 0 spiro atoms. The molecule has 21 heavy (non-hydrogen) atoms. The summed E-state index contributed by atoms with van der Waals surface area (Å²) in [5.41, 5.74) is -0.211. The molecule has 2 nitrogen and oxygen atoms in total. The first kappa shape index (κ1) is 15.6. The molecule has 0 radical (unpaired) electrons. The van der Waals surface area contributed by atoms with Gasteiger partial charge in [-0.3, -0.25) is 0 Å². The van der Waals surface area contributed by atoms with Crippen molar-refractivity contribution in [1.82, 2.24) is 0 Å². The number of halogens is 5. The van der Waals surface area contributed by atoms with E-state index in [9.17, 15) is 22.7 Å². The fourth-order valence-electron chi connectivity index (χ4n) is 1.82. The molecule has 2 aromatic carbocycles. The summed E-state index contributed by atoms with van der Waals surface area (Å²) in [4.78, 5) is 0. The van der Waals surface area contributed by atoms with E-state index in [1.54, 1.807) is 0 Å². The standard InChI is InChI=1S/C14H9ClF4O2/c15-11-6-5-8(16)7-10(11)13(20)9-3-1-2-4-12(9)21-14(17,18)19/h1-7,13,20H. The van der Waals surface area contributed by atoms with Crippen molar-refractivity contribution in [2.75, 3.05) is 0 Å². The Morgan fingerprint density at radius 2 is 1.71 bits per heavy atom.